The van der Waals surface area contributed by atoms with Gasteiger partial charge in [0.25, 0.3) is 0 Å². The standard InChI is InChI=1S/C16H21NO2/c18-16(19)13-9-11-15(12-10-13)17-14-7-5-3-1-2-4-6-8-14/h3,5,9-12,14,17H,1-2,4,6-8H2,(H,18,19). The van der Waals surface area contributed by atoms with Gasteiger partial charge in [-0.1, -0.05) is 25.0 Å². The van der Waals surface area contributed by atoms with Gasteiger partial charge in [-0.15, -0.1) is 0 Å². The third-order valence-electron chi connectivity index (χ3n) is 3.51. The summed E-state index contributed by atoms with van der Waals surface area (Å²) in [7, 11) is 0. The number of carboxylic acids is 1. The summed E-state index contributed by atoms with van der Waals surface area (Å²) in [6.45, 7) is 0. The van der Waals surface area contributed by atoms with Gasteiger partial charge in [0.15, 0.2) is 0 Å². The van der Waals surface area contributed by atoms with Crippen molar-refractivity contribution in [1.82, 2.24) is 0 Å². The van der Waals surface area contributed by atoms with E-state index in [1.54, 1.807) is 12.1 Å². The first-order valence-electron chi connectivity index (χ1n) is 7.00. The number of carboxylic acid groups (broad SMARTS) is 1. The van der Waals surface area contributed by atoms with Gasteiger partial charge in [-0.3, -0.25) is 0 Å². The predicted molar refractivity (Wildman–Crippen MR) is 77.7 cm³/mol. The third kappa shape index (κ3) is 4.43. The molecule has 0 heterocycles. The molecule has 1 atom stereocenters. The average molecular weight is 259 g/mol. The molecule has 0 amide bonds. The van der Waals surface area contributed by atoms with Crippen LogP contribution in [0.2, 0.25) is 0 Å². The second kappa shape index (κ2) is 6.98. The Hall–Kier alpha value is -1.77. The molecule has 1 aliphatic rings. The van der Waals surface area contributed by atoms with Crippen LogP contribution in [0.4, 0.5) is 5.69 Å². The normalized spacial score (nSPS) is 20.1. The van der Waals surface area contributed by atoms with Crippen LogP contribution in [0.25, 0.3) is 0 Å². The zero-order chi connectivity index (χ0) is 13.5. The second-order valence-corrected chi connectivity index (χ2v) is 5.07. The number of carbonyl (C=O) groups is 1. The van der Waals surface area contributed by atoms with Gasteiger partial charge >= 0.3 is 5.97 Å². The van der Waals surface area contributed by atoms with E-state index in [-0.39, 0.29) is 0 Å². The molecule has 3 nitrogen and oxygen atoms in total. The average Bonchev–Trinajstić information content (AvgIpc) is 2.53. The number of aromatic carboxylic acids is 1. The molecule has 2 rings (SSSR count). The van der Waals surface area contributed by atoms with Crippen LogP contribution in [0.1, 0.15) is 48.9 Å². The lowest BCUT2D eigenvalue weighted by atomic mass is 10.1. The zero-order valence-corrected chi connectivity index (χ0v) is 11.1. The number of allylic oxidation sites excluding steroid dienone is 1. The molecule has 0 bridgehead atoms. The predicted octanol–water partition coefficient (Wildman–Crippen LogP) is 4.08. The van der Waals surface area contributed by atoms with Gasteiger partial charge in [0.1, 0.15) is 0 Å². The highest BCUT2D eigenvalue weighted by Crippen LogP contribution is 2.18. The molecule has 0 saturated carbocycles. The number of anilines is 1. The maximum Gasteiger partial charge on any atom is 0.335 e. The molecule has 0 radical (unpaired) electrons. The van der Waals surface area contributed by atoms with Crippen molar-refractivity contribution >= 4 is 11.7 Å². The summed E-state index contributed by atoms with van der Waals surface area (Å²) < 4.78 is 0. The van der Waals surface area contributed by atoms with Gasteiger partial charge in [0.05, 0.1) is 5.56 Å². The molecule has 1 aliphatic carbocycles. The maximum atomic E-state index is 10.8. The number of nitrogens with one attached hydrogen (secondary N) is 1. The molecule has 102 valence electrons. The molecule has 2 N–H and O–H groups in total. The Kier molecular flexibility index (Phi) is 5.01. The molecular weight excluding hydrogens is 238 g/mol. The Labute approximate surface area is 114 Å². The highest BCUT2D eigenvalue weighted by atomic mass is 16.4. The molecule has 0 spiro atoms. The van der Waals surface area contributed by atoms with Gasteiger partial charge in [-0.05, 0) is 49.9 Å². The maximum absolute atomic E-state index is 10.8. The summed E-state index contributed by atoms with van der Waals surface area (Å²) in [6.07, 6.45) is 11.8. The summed E-state index contributed by atoms with van der Waals surface area (Å²) in [4.78, 5) is 10.8. The van der Waals surface area contributed by atoms with Crippen molar-refractivity contribution in [3.8, 4) is 0 Å². The van der Waals surface area contributed by atoms with Crippen molar-refractivity contribution in [2.45, 2.75) is 44.6 Å². The van der Waals surface area contributed by atoms with Crippen LogP contribution in [-0.4, -0.2) is 17.1 Å². The SMILES string of the molecule is O=C(O)c1ccc(NC2CC=CCCCCC2)cc1. The molecule has 0 aromatic heterocycles. The van der Waals surface area contributed by atoms with E-state index in [4.69, 9.17) is 5.11 Å². The Morgan fingerprint density at radius 3 is 2.63 bits per heavy atom. The monoisotopic (exact) mass is 259 g/mol. The number of benzene rings is 1. The van der Waals surface area contributed by atoms with Crippen LogP contribution in [0.5, 0.6) is 0 Å². The minimum atomic E-state index is -0.878. The molecular formula is C16H21NO2. The van der Waals surface area contributed by atoms with Crippen molar-refractivity contribution in [1.29, 1.82) is 0 Å². The Balaban J connectivity index is 1.96. The molecule has 1 unspecified atom stereocenters. The minimum Gasteiger partial charge on any atom is -0.478 e. The summed E-state index contributed by atoms with van der Waals surface area (Å²) in [5, 5.41) is 12.4. The summed E-state index contributed by atoms with van der Waals surface area (Å²) in [5.74, 6) is -0.878. The fourth-order valence-corrected chi connectivity index (χ4v) is 2.40. The summed E-state index contributed by atoms with van der Waals surface area (Å²) in [5.41, 5.74) is 1.34. The Morgan fingerprint density at radius 2 is 1.89 bits per heavy atom. The van der Waals surface area contributed by atoms with Gasteiger partial charge in [0.2, 0.25) is 0 Å². The van der Waals surface area contributed by atoms with E-state index in [9.17, 15) is 4.79 Å². The van der Waals surface area contributed by atoms with Crippen LogP contribution in [0, 0.1) is 0 Å². The van der Waals surface area contributed by atoms with E-state index < -0.39 is 5.97 Å². The number of hydrogen-bond donors (Lipinski definition) is 2. The fourth-order valence-electron chi connectivity index (χ4n) is 2.40. The van der Waals surface area contributed by atoms with Gasteiger partial charge in [-0.25, -0.2) is 4.79 Å². The van der Waals surface area contributed by atoms with Gasteiger partial charge < -0.3 is 10.4 Å². The molecule has 0 fully saturated rings. The van der Waals surface area contributed by atoms with E-state index in [1.807, 2.05) is 12.1 Å². The van der Waals surface area contributed by atoms with E-state index in [1.165, 1.54) is 32.1 Å². The number of rotatable bonds is 3. The molecule has 1 aromatic carbocycles. The van der Waals surface area contributed by atoms with Crippen LogP contribution in [0.3, 0.4) is 0 Å². The van der Waals surface area contributed by atoms with E-state index >= 15 is 0 Å². The van der Waals surface area contributed by atoms with Crippen LogP contribution < -0.4 is 5.32 Å². The van der Waals surface area contributed by atoms with Gasteiger partial charge in [0, 0.05) is 11.7 Å². The molecule has 0 saturated heterocycles. The van der Waals surface area contributed by atoms with Crippen molar-refractivity contribution < 1.29 is 9.90 Å². The van der Waals surface area contributed by atoms with E-state index in [0.29, 0.717) is 11.6 Å². The Morgan fingerprint density at radius 1 is 1.11 bits per heavy atom. The highest BCUT2D eigenvalue weighted by Gasteiger charge is 2.09. The lowest BCUT2D eigenvalue weighted by Crippen LogP contribution is -2.18. The Bertz CT molecular complexity index is 437. The van der Waals surface area contributed by atoms with Crippen molar-refractivity contribution in [2.75, 3.05) is 5.32 Å². The lowest BCUT2D eigenvalue weighted by Gasteiger charge is -2.18. The molecule has 0 aliphatic heterocycles. The molecule has 19 heavy (non-hydrogen) atoms. The summed E-state index contributed by atoms with van der Waals surface area (Å²) >= 11 is 0. The fraction of sp³-hybridized carbons (Fsp3) is 0.438. The van der Waals surface area contributed by atoms with E-state index in [2.05, 4.69) is 17.5 Å². The summed E-state index contributed by atoms with van der Waals surface area (Å²) in [6, 6.07) is 7.44. The quantitative estimate of drug-likeness (QED) is 0.804. The van der Waals surface area contributed by atoms with Crippen LogP contribution in [0.15, 0.2) is 36.4 Å². The van der Waals surface area contributed by atoms with E-state index in [0.717, 1.165) is 12.1 Å². The molecule has 1 aromatic rings. The lowest BCUT2D eigenvalue weighted by molar-refractivity contribution is 0.0697. The zero-order valence-electron chi connectivity index (χ0n) is 11.1. The smallest absolute Gasteiger partial charge is 0.335 e. The molecule has 3 heteroatoms. The topological polar surface area (TPSA) is 49.3 Å². The van der Waals surface area contributed by atoms with Crippen molar-refractivity contribution in [3.05, 3.63) is 42.0 Å². The van der Waals surface area contributed by atoms with Crippen molar-refractivity contribution in [2.24, 2.45) is 0 Å². The largest absolute Gasteiger partial charge is 0.478 e. The number of hydrogen-bond acceptors (Lipinski definition) is 2. The van der Waals surface area contributed by atoms with Crippen molar-refractivity contribution in [3.63, 3.8) is 0 Å². The second-order valence-electron chi connectivity index (χ2n) is 5.07. The van der Waals surface area contributed by atoms with Crippen LogP contribution in [-0.2, 0) is 0 Å². The first-order valence-corrected chi connectivity index (χ1v) is 7.00. The van der Waals surface area contributed by atoms with Crippen LogP contribution >= 0.6 is 0 Å². The third-order valence-corrected chi connectivity index (χ3v) is 3.51. The first-order chi connectivity index (χ1) is 9.25. The van der Waals surface area contributed by atoms with Gasteiger partial charge in [-0.2, -0.15) is 0 Å². The first kappa shape index (κ1) is 13.7. The highest BCUT2D eigenvalue weighted by molar-refractivity contribution is 5.87. The minimum absolute atomic E-state index is 0.333.